The molecule has 0 spiro atoms. The predicted octanol–water partition coefficient (Wildman–Crippen LogP) is 19.9. The van der Waals surface area contributed by atoms with Gasteiger partial charge in [0.05, 0.1) is 18.8 Å². The van der Waals surface area contributed by atoms with Gasteiger partial charge in [-0.05, 0) is 82.1 Å². The van der Waals surface area contributed by atoms with Crippen LogP contribution in [-0.4, -0.2) is 44.0 Å². The standard InChI is InChI=1S/C95H88O16/c1-2-98-50-51-99-94-91-86(107-66-74-42-25-10-26-43-74)56-78(101-60-68-30-13-4-14-31-68)57-87(91)110-93(76-47-49-81(103-62-70-34-17-6-18-35-70)85(53-76)106-65-73-40-23-9-24-41-73)95(94)111-90(97)45-27-44-89(96)108-88-58-79-82(104-63-71-36-19-7-20-37-71)54-77(100-59-67-28-11-3-12-29-67)55-83(79)109-92(88)75-46-48-80(102-61-69-32-15-5-16-33-69)84(52-75)105-64-72-38-21-8-22-39-72/h3-26,28-43,46-49,52-57,88,92-95H,2,27,44-45,50-51,58-66H2,1H3/t88-,92+,93+,94-,95+/m0/s1. The Morgan fingerprint density at radius 2 is 0.694 bits per heavy atom. The van der Waals surface area contributed by atoms with Crippen molar-refractivity contribution in [3.05, 3.63) is 370 Å². The van der Waals surface area contributed by atoms with Crippen molar-refractivity contribution in [2.45, 2.75) is 116 Å². The molecule has 5 atom stereocenters. The van der Waals surface area contributed by atoms with Crippen LogP contribution < -0.4 is 47.4 Å². The van der Waals surface area contributed by atoms with Gasteiger partial charge in [-0.1, -0.05) is 255 Å². The highest BCUT2D eigenvalue weighted by molar-refractivity contribution is 5.73. The fourth-order valence-corrected chi connectivity index (χ4v) is 13.2. The molecule has 0 fully saturated rings. The van der Waals surface area contributed by atoms with Crippen LogP contribution in [0.3, 0.4) is 0 Å². The highest BCUT2D eigenvalue weighted by Gasteiger charge is 2.46. The predicted molar refractivity (Wildman–Crippen MR) is 421 cm³/mol. The summed E-state index contributed by atoms with van der Waals surface area (Å²) in [5, 5.41) is 0. The average molecular weight is 1490 g/mol. The van der Waals surface area contributed by atoms with Crippen LogP contribution in [0.2, 0.25) is 0 Å². The maximum atomic E-state index is 15.2. The van der Waals surface area contributed by atoms with Gasteiger partial charge in [0.25, 0.3) is 0 Å². The van der Waals surface area contributed by atoms with Crippen molar-refractivity contribution < 1.29 is 75.9 Å². The molecule has 0 N–H and O–H groups in total. The first-order valence-electron chi connectivity index (χ1n) is 37.7. The number of hydrogen-bond acceptors (Lipinski definition) is 16. The molecule has 2 aliphatic rings. The summed E-state index contributed by atoms with van der Waals surface area (Å²) in [7, 11) is 0. The lowest BCUT2D eigenvalue weighted by atomic mass is 9.90. The Morgan fingerprint density at radius 1 is 0.342 bits per heavy atom. The van der Waals surface area contributed by atoms with Gasteiger partial charge in [0.2, 0.25) is 0 Å². The molecule has 16 heteroatoms. The first-order valence-corrected chi connectivity index (χ1v) is 37.7. The Labute approximate surface area is 647 Å². The number of carbonyl (C=O) groups excluding carboxylic acids is 2. The Balaban J connectivity index is 0.779. The summed E-state index contributed by atoms with van der Waals surface area (Å²) in [5.74, 6) is 3.43. The maximum absolute atomic E-state index is 15.2. The van der Waals surface area contributed by atoms with Crippen molar-refractivity contribution in [2.75, 3.05) is 19.8 Å². The van der Waals surface area contributed by atoms with E-state index in [0.717, 1.165) is 44.5 Å². The normalized spacial score (nSPS) is 15.4. The number of esters is 2. The van der Waals surface area contributed by atoms with Gasteiger partial charge in [0, 0.05) is 66.8 Å². The second-order valence-electron chi connectivity index (χ2n) is 26.9. The second-order valence-corrected chi connectivity index (χ2v) is 26.9. The summed E-state index contributed by atoms with van der Waals surface area (Å²) in [6.07, 6.45) is -5.27. The molecule has 2 aliphatic heterocycles. The summed E-state index contributed by atoms with van der Waals surface area (Å²) in [6, 6.07) is 97.6. The number of fused-ring (bicyclic) bond motifs is 2. The Morgan fingerprint density at radius 3 is 1.12 bits per heavy atom. The molecule has 14 rings (SSSR count). The van der Waals surface area contributed by atoms with Crippen LogP contribution in [0.1, 0.15) is 111 Å². The van der Waals surface area contributed by atoms with E-state index in [1.807, 2.05) is 310 Å². The van der Waals surface area contributed by atoms with Crippen LogP contribution in [-0.2, 0) is 87.8 Å². The number of ether oxygens (including phenoxy) is 14. The highest BCUT2D eigenvalue weighted by Crippen LogP contribution is 2.52. The van der Waals surface area contributed by atoms with Crippen LogP contribution in [0, 0.1) is 0 Å². The van der Waals surface area contributed by atoms with E-state index in [1.54, 1.807) is 0 Å². The maximum Gasteiger partial charge on any atom is 0.306 e. The van der Waals surface area contributed by atoms with Crippen LogP contribution in [0.5, 0.6) is 57.5 Å². The van der Waals surface area contributed by atoms with Gasteiger partial charge in [-0.15, -0.1) is 0 Å². The largest absolute Gasteiger partial charge is 0.489 e. The second kappa shape index (κ2) is 38.5. The van der Waals surface area contributed by atoms with Gasteiger partial charge < -0.3 is 66.3 Å². The first-order chi connectivity index (χ1) is 54.8. The Kier molecular flexibility index (Phi) is 26.1. The molecule has 2 heterocycles. The van der Waals surface area contributed by atoms with Crippen LogP contribution >= 0.6 is 0 Å². The van der Waals surface area contributed by atoms with Crippen molar-refractivity contribution in [2.24, 2.45) is 0 Å². The van der Waals surface area contributed by atoms with Crippen molar-refractivity contribution >= 4 is 11.9 Å². The third-order valence-electron chi connectivity index (χ3n) is 18.9. The summed E-state index contributed by atoms with van der Waals surface area (Å²) >= 11 is 0. The molecule has 12 aromatic carbocycles. The summed E-state index contributed by atoms with van der Waals surface area (Å²) in [4.78, 5) is 30.1. The molecule has 0 aliphatic carbocycles. The number of hydrogen-bond donors (Lipinski definition) is 0. The number of benzene rings is 12. The number of carbonyl (C=O) groups is 2. The van der Waals surface area contributed by atoms with Gasteiger partial charge in [-0.25, -0.2) is 0 Å². The molecule has 111 heavy (non-hydrogen) atoms. The summed E-state index contributed by atoms with van der Waals surface area (Å²) in [5.41, 5.74) is 10.0. The fraction of sp³-hybridized carbons (Fsp3) is 0.221. The quantitative estimate of drug-likeness (QED) is 0.0267. The molecule has 564 valence electrons. The van der Waals surface area contributed by atoms with Crippen LogP contribution in [0.15, 0.2) is 303 Å². The third-order valence-corrected chi connectivity index (χ3v) is 18.9. The molecule has 0 saturated carbocycles. The van der Waals surface area contributed by atoms with E-state index >= 15 is 4.79 Å². The SMILES string of the molecule is CCOCCO[C@H]1c2c(OCc3ccccc3)cc(OCc3ccccc3)cc2O[C@H](c2ccc(OCc3ccccc3)c(OCc3ccccc3)c2)[C@H]1OC(=O)CCCC(=O)O[C@H]1Cc2c(OCc3ccccc3)cc(OCc3ccccc3)cc2O[C@@H]1c1ccc(OCc2ccccc2)c(OCc2ccccc2)c1. The minimum absolute atomic E-state index is 0.0359. The van der Waals surface area contributed by atoms with Gasteiger partial charge in [0.1, 0.15) is 99.6 Å². The molecule has 16 nitrogen and oxygen atoms in total. The van der Waals surface area contributed by atoms with Crippen molar-refractivity contribution in [3.63, 3.8) is 0 Å². The molecule has 0 amide bonds. The van der Waals surface area contributed by atoms with E-state index in [2.05, 4.69) is 0 Å². The smallest absolute Gasteiger partial charge is 0.306 e. The fourth-order valence-electron chi connectivity index (χ4n) is 13.2. The van der Waals surface area contributed by atoms with Gasteiger partial charge in [0.15, 0.2) is 41.3 Å². The van der Waals surface area contributed by atoms with Crippen molar-refractivity contribution in [1.82, 2.24) is 0 Å². The minimum atomic E-state index is -1.19. The van der Waals surface area contributed by atoms with Crippen molar-refractivity contribution in [3.8, 4) is 57.5 Å². The molecule has 0 unspecified atom stereocenters. The zero-order chi connectivity index (χ0) is 75.6. The Bertz CT molecular complexity index is 4900. The molecule has 0 radical (unpaired) electrons. The molecule has 0 saturated heterocycles. The van der Waals surface area contributed by atoms with E-state index in [-0.39, 0.29) is 91.8 Å². The molecule has 0 bridgehead atoms. The highest BCUT2D eigenvalue weighted by atomic mass is 16.6. The average Bonchev–Trinajstić information content (AvgIpc) is 0.755. The van der Waals surface area contributed by atoms with E-state index < -0.39 is 42.5 Å². The van der Waals surface area contributed by atoms with Gasteiger partial charge >= 0.3 is 11.9 Å². The number of rotatable bonds is 37. The lowest BCUT2D eigenvalue weighted by Gasteiger charge is -2.40. The zero-order valence-corrected chi connectivity index (χ0v) is 61.9. The van der Waals surface area contributed by atoms with E-state index in [1.165, 1.54) is 0 Å². The van der Waals surface area contributed by atoms with Crippen molar-refractivity contribution in [1.29, 1.82) is 0 Å². The zero-order valence-electron chi connectivity index (χ0n) is 61.9. The van der Waals surface area contributed by atoms with Gasteiger partial charge in [-0.2, -0.15) is 0 Å². The minimum Gasteiger partial charge on any atom is -0.489 e. The third kappa shape index (κ3) is 21.1. The lowest BCUT2D eigenvalue weighted by Crippen LogP contribution is -2.40. The summed E-state index contributed by atoms with van der Waals surface area (Å²) < 4.78 is 93.6. The summed E-state index contributed by atoms with van der Waals surface area (Å²) in [6.45, 7) is 4.64. The first kappa shape index (κ1) is 75.3. The van der Waals surface area contributed by atoms with Gasteiger partial charge in [-0.3, -0.25) is 9.59 Å². The van der Waals surface area contributed by atoms with Crippen LogP contribution in [0.4, 0.5) is 0 Å². The lowest BCUT2D eigenvalue weighted by molar-refractivity contribution is -0.174. The van der Waals surface area contributed by atoms with E-state index in [0.29, 0.717) is 86.4 Å². The molecular formula is C95H88O16. The topological polar surface area (TPSA) is 163 Å². The molecule has 0 aromatic heterocycles. The molecular weight excluding hydrogens is 1400 g/mol. The monoisotopic (exact) mass is 1480 g/mol. The van der Waals surface area contributed by atoms with E-state index in [4.69, 9.17) is 66.3 Å². The Hall–Kier alpha value is -12.5. The molecule has 12 aromatic rings. The van der Waals surface area contributed by atoms with Crippen LogP contribution in [0.25, 0.3) is 0 Å². The van der Waals surface area contributed by atoms with E-state index in [9.17, 15) is 4.79 Å².